The molecule has 2 nitrogen and oxygen atoms in total. The molecule has 0 unspecified atom stereocenters. The Balaban J connectivity index is 3.14. The lowest BCUT2D eigenvalue weighted by molar-refractivity contribution is 0.415. The van der Waals surface area contributed by atoms with Crippen LogP contribution < -0.4 is 10.5 Å². The van der Waals surface area contributed by atoms with Gasteiger partial charge in [-0.1, -0.05) is 11.6 Å². The summed E-state index contributed by atoms with van der Waals surface area (Å²) in [6.45, 7) is 0. The van der Waals surface area contributed by atoms with Crippen LogP contribution in [0.25, 0.3) is 0 Å². The first kappa shape index (κ1) is 7.22. The molecule has 0 amide bonds. The number of nitrogen functional groups attached to an aromatic ring is 1. The van der Waals surface area contributed by atoms with E-state index in [1.54, 1.807) is 19.2 Å². The first-order valence-electron chi connectivity index (χ1n) is 2.75. The summed E-state index contributed by atoms with van der Waals surface area (Å²) in [5.74, 6) is 0.581. The van der Waals surface area contributed by atoms with Gasteiger partial charge >= 0.3 is 0 Å². The fourth-order valence-electron chi connectivity index (χ4n) is 0.634. The van der Waals surface area contributed by atoms with Crippen molar-refractivity contribution >= 4 is 17.3 Å². The van der Waals surface area contributed by atoms with Crippen molar-refractivity contribution < 1.29 is 4.74 Å². The van der Waals surface area contributed by atoms with Crippen molar-refractivity contribution in [3.63, 3.8) is 0 Å². The molecule has 0 aliphatic rings. The minimum Gasteiger partial charge on any atom is -0.495 e. The van der Waals surface area contributed by atoms with Gasteiger partial charge in [0.1, 0.15) is 10.8 Å². The number of hydrogen-bond acceptors (Lipinski definition) is 2. The van der Waals surface area contributed by atoms with E-state index >= 15 is 0 Å². The van der Waals surface area contributed by atoms with Crippen LogP contribution in [0.1, 0.15) is 0 Å². The number of ether oxygens (including phenoxy) is 1. The van der Waals surface area contributed by atoms with E-state index < -0.39 is 0 Å². The first-order valence-corrected chi connectivity index (χ1v) is 3.13. The Hall–Kier alpha value is -0.890. The highest BCUT2D eigenvalue weighted by Crippen LogP contribution is 2.28. The van der Waals surface area contributed by atoms with E-state index in [2.05, 4.69) is 6.07 Å². The second-order valence-corrected chi connectivity index (χ2v) is 2.15. The number of hydrogen-bond donors (Lipinski definition) is 1. The second kappa shape index (κ2) is 2.80. The molecule has 0 spiro atoms. The molecule has 53 valence electrons. The van der Waals surface area contributed by atoms with Crippen LogP contribution in [0, 0.1) is 6.07 Å². The lowest BCUT2D eigenvalue weighted by Gasteiger charge is -2.02. The van der Waals surface area contributed by atoms with E-state index in [9.17, 15) is 0 Å². The third-order valence-corrected chi connectivity index (χ3v) is 1.54. The summed E-state index contributed by atoms with van der Waals surface area (Å²) in [5, 5.41) is 0.421. The van der Waals surface area contributed by atoms with E-state index in [0.717, 1.165) is 0 Å². The molecule has 1 rings (SSSR count). The van der Waals surface area contributed by atoms with Crippen molar-refractivity contribution in [3.8, 4) is 5.75 Å². The van der Waals surface area contributed by atoms with Gasteiger partial charge in [0.15, 0.2) is 0 Å². The van der Waals surface area contributed by atoms with Gasteiger partial charge in [-0.25, -0.2) is 0 Å². The quantitative estimate of drug-likeness (QED) is 0.629. The summed E-state index contributed by atoms with van der Waals surface area (Å²) < 4.78 is 4.89. The number of halogens is 1. The molecule has 0 aromatic heterocycles. The Morgan fingerprint density at radius 2 is 2.40 bits per heavy atom. The fourth-order valence-corrected chi connectivity index (χ4v) is 0.829. The smallest absolute Gasteiger partial charge is 0.139 e. The maximum atomic E-state index is 5.71. The molecule has 0 saturated heterocycles. The van der Waals surface area contributed by atoms with Crippen molar-refractivity contribution in [1.82, 2.24) is 0 Å². The number of rotatable bonds is 1. The van der Waals surface area contributed by atoms with E-state index in [4.69, 9.17) is 22.1 Å². The molecule has 0 bridgehead atoms. The predicted octanol–water partition coefficient (Wildman–Crippen LogP) is 1.73. The van der Waals surface area contributed by atoms with E-state index in [1.807, 2.05) is 0 Å². The molecule has 2 N–H and O–H groups in total. The Kier molecular flexibility index (Phi) is 2.02. The Morgan fingerprint density at radius 3 is 2.90 bits per heavy atom. The van der Waals surface area contributed by atoms with Crippen LogP contribution in [0.15, 0.2) is 12.1 Å². The zero-order chi connectivity index (χ0) is 7.56. The first-order chi connectivity index (χ1) is 4.75. The molecule has 0 atom stereocenters. The SMILES string of the molecule is COc1cc[c]c(N)c1Cl. The second-order valence-electron chi connectivity index (χ2n) is 1.77. The standard InChI is InChI=1S/C7H7ClNO/c1-10-6-4-2-3-5(9)7(6)8/h2,4H,9H2,1H3. The number of methoxy groups -OCH3 is 1. The van der Waals surface area contributed by atoms with Crippen LogP contribution in [-0.4, -0.2) is 7.11 Å². The zero-order valence-electron chi connectivity index (χ0n) is 5.52. The Bertz CT molecular complexity index is 237. The van der Waals surface area contributed by atoms with Crippen molar-refractivity contribution in [2.45, 2.75) is 0 Å². The van der Waals surface area contributed by atoms with Gasteiger partial charge in [0.25, 0.3) is 0 Å². The fraction of sp³-hybridized carbons (Fsp3) is 0.143. The Labute approximate surface area is 64.6 Å². The minimum atomic E-state index is 0.418. The number of benzene rings is 1. The van der Waals surface area contributed by atoms with Gasteiger partial charge in [0, 0.05) is 6.07 Å². The highest BCUT2D eigenvalue weighted by molar-refractivity contribution is 6.34. The molecule has 10 heavy (non-hydrogen) atoms. The molecule has 1 aromatic carbocycles. The summed E-state index contributed by atoms with van der Waals surface area (Å²) in [7, 11) is 1.54. The van der Waals surface area contributed by atoms with Gasteiger partial charge < -0.3 is 10.5 Å². The molecule has 0 saturated carbocycles. The maximum absolute atomic E-state index is 5.71. The van der Waals surface area contributed by atoms with Crippen molar-refractivity contribution in [2.75, 3.05) is 12.8 Å². The molecule has 0 aliphatic carbocycles. The summed E-state index contributed by atoms with van der Waals surface area (Å²) in [5.41, 5.74) is 5.85. The van der Waals surface area contributed by atoms with Crippen molar-refractivity contribution in [1.29, 1.82) is 0 Å². The molecule has 1 radical (unpaired) electrons. The number of nitrogens with two attached hydrogens (primary N) is 1. The summed E-state index contributed by atoms with van der Waals surface area (Å²) in [6, 6.07) is 6.11. The summed E-state index contributed by atoms with van der Waals surface area (Å²) >= 11 is 5.71. The third kappa shape index (κ3) is 1.16. The zero-order valence-corrected chi connectivity index (χ0v) is 6.27. The average Bonchev–Trinajstić information content (AvgIpc) is 1.95. The van der Waals surface area contributed by atoms with Crippen LogP contribution in [0.5, 0.6) is 5.75 Å². The van der Waals surface area contributed by atoms with Crippen molar-refractivity contribution in [2.24, 2.45) is 0 Å². The van der Waals surface area contributed by atoms with Gasteiger partial charge in [0.05, 0.1) is 12.8 Å². The van der Waals surface area contributed by atoms with Gasteiger partial charge in [-0.2, -0.15) is 0 Å². The Morgan fingerprint density at radius 1 is 1.70 bits per heavy atom. The molecule has 3 heteroatoms. The molecule has 0 heterocycles. The highest BCUT2D eigenvalue weighted by Gasteiger charge is 2.01. The third-order valence-electron chi connectivity index (χ3n) is 1.15. The van der Waals surface area contributed by atoms with Crippen molar-refractivity contribution in [3.05, 3.63) is 23.2 Å². The summed E-state index contributed by atoms with van der Waals surface area (Å²) in [6.07, 6.45) is 0. The topological polar surface area (TPSA) is 35.2 Å². The maximum Gasteiger partial charge on any atom is 0.139 e. The van der Waals surface area contributed by atoms with Gasteiger partial charge in [-0.3, -0.25) is 0 Å². The van der Waals surface area contributed by atoms with E-state index in [0.29, 0.717) is 16.5 Å². The van der Waals surface area contributed by atoms with E-state index in [-0.39, 0.29) is 0 Å². The molecular formula is C7H7ClNO. The average molecular weight is 157 g/mol. The molecule has 1 aromatic rings. The molecule has 0 fully saturated rings. The summed E-state index contributed by atoms with van der Waals surface area (Å²) in [4.78, 5) is 0. The van der Waals surface area contributed by atoms with Crippen LogP contribution >= 0.6 is 11.6 Å². The number of anilines is 1. The highest BCUT2D eigenvalue weighted by atomic mass is 35.5. The predicted molar refractivity (Wildman–Crippen MR) is 41.3 cm³/mol. The van der Waals surface area contributed by atoms with Crippen LogP contribution in [0.4, 0.5) is 5.69 Å². The van der Waals surface area contributed by atoms with Crippen LogP contribution in [-0.2, 0) is 0 Å². The monoisotopic (exact) mass is 156 g/mol. The molecular weight excluding hydrogens is 150 g/mol. The van der Waals surface area contributed by atoms with E-state index in [1.165, 1.54) is 0 Å². The van der Waals surface area contributed by atoms with Crippen LogP contribution in [0.2, 0.25) is 5.02 Å². The van der Waals surface area contributed by atoms with Gasteiger partial charge in [-0.05, 0) is 12.1 Å². The van der Waals surface area contributed by atoms with Gasteiger partial charge in [-0.15, -0.1) is 0 Å². The van der Waals surface area contributed by atoms with Crippen LogP contribution in [0.3, 0.4) is 0 Å². The minimum absolute atomic E-state index is 0.418. The normalized spacial score (nSPS) is 9.40. The molecule has 0 aliphatic heterocycles. The largest absolute Gasteiger partial charge is 0.495 e. The lowest BCUT2D eigenvalue weighted by atomic mass is 10.3. The lowest BCUT2D eigenvalue weighted by Crippen LogP contribution is -1.89. The van der Waals surface area contributed by atoms with Gasteiger partial charge in [0.2, 0.25) is 0 Å².